The van der Waals surface area contributed by atoms with Gasteiger partial charge in [0, 0.05) is 38.1 Å². The van der Waals surface area contributed by atoms with Gasteiger partial charge >= 0.3 is 0 Å². The molecule has 0 bridgehead atoms. The fourth-order valence-corrected chi connectivity index (χ4v) is 3.03. The van der Waals surface area contributed by atoms with Crippen molar-refractivity contribution < 1.29 is 8.42 Å². The van der Waals surface area contributed by atoms with Crippen LogP contribution in [0.5, 0.6) is 0 Å². The molecule has 1 N–H and O–H groups in total. The van der Waals surface area contributed by atoms with Gasteiger partial charge in [0.15, 0.2) is 0 Å². The molecule has 0 aromatic carbocycles. The summed E-state index contributed by atoms with van der Waals surface area (Å²) in [7, 11) is -3.02. The van der Waals surface area contributed by atoms with E-state index in [4.69, 9.17) is 0 Å². The summed E-state index contributed by atoms with van der Waals surface area (Å²) in [6.07, 6.45) is 6.61. The number of aromatic nitrogens is 1. The highest BCUT2D eigenvalue weighted by atomic mass is 35.5. The summed E-state index contributed by atoms with van der Waals surface area (Å²) in [5.74, 6) is 0. The van der Waals surface area contributed by atoms with E-state index >= 15 is 0 Å². The third-order valence-corrected chi connectivity index (χ3v) is 4.54. The van der Waals surface area contributed by atoms with Gasteiger partial charge in [-0.2, -0.15) is 0 Å². The minimum absolute atomic E-state index is 0. The third kappa shape index (κ3) is 5.06. The highest BCUT2D eigenvalue weighted by Gasteiger charge is 2.24. The summed E-state index contributed by atoms with van der Waals surface area (Å²) in [5, 5.41) is 3.45. The summed E-state index contributed by atoms with van der Waals surface area (Å²) >= 11 is 0. The lowest BCUT2D eigenvalue weighted by Crippen LogP contribution is -2.44. The maximum atomic E-state index is 11.4. The van der Waals surface area contributed by atoms with E-state index in [1.165, 1.54) is 6.26 Å². The molecule has 0 aliphatic carbocycles. The van der Waals surface area contributed by atoms with Gasteiger partial charge < -0.3 is 5.32 Å². The minimum Gasteiger partial charge on any atom is -0.310 e. The Balaban J connectivity index is 0.00000180. The van der Waals surface area contributed by atoms with Crippen molar-refractivity contribution >= 4 is 22.4 Å². The van der Waals surface area contributed by atoms with Crippen LogP contribution in [0.25, 0.3) is 0 Å². The van der Waals surface area contributed by atoms with Crippen molar-refractivity contribution in [3.05, 3.63) is 30.1 Å². The van der Waals surface area contributed by atoms with Crippen LogP contribution in [-0.2, 0) is 16.6 Å². The first-order valence-electron chi connectivity index (χ1n) is 6.13. The molecular weight excluding hydrogens is 286 g/mol. The number of hydrogen-bond donors (Lipinski definition) is 1. The number of hydrogen-bond acceptors (Lipinski definition) is 4. The Morgan fingerprint density at radius 1 is 1.42 bits per heavy atom. The van der Waals surface area contributed by atoms with Gasteiger partial charge in [-0.25, -0.2) is 12.7 Å². The average molecular weight is 306 g/mol. The second-order valence-electron chi connectivity index (χ2n) is 4.68. The number of piperidine rings is 1. The molecule has 0 amide bonds. The Morgan fingerprint density at radius 2 is 2.11 bits per heavy atom. The van der Waals surface area contributed by atoms with E-state index in [1.807, 2.05) is 18.3 Å². The molecule has 0 saturated carbocycles. The van der Waals surface area contributed by atoms with Crippen molar-refractivity contribution in [2.24, 2.45) is 0 Å². The number of halogens is 1. The van der Waals surface area contributed by atoms with Crippen molar-refractivity contribution in [3.63, 3.8) is 0 Å². The molecule has 5 nitrogen and oxygen atoms in total. The van der Waals surface area contributed by atoms with Crippen LogP contribution in [-0.4, -0.2) is 43.1 Å². The fraction of sp³-hybridized carbons (Fsp3) is 0.583. The monoisotopic (exact) mass is 305 g/mol. The summed E-state index contributed by atoms with van der Waals surface area (Å²) < 4.78 is 24.3. The molecule has 7 heteroatoms. The number of nitrogens with one attached hydrogen (secondary N) is 1. The highest BCUT2D eigenvalue weighted by Crippen LogP contribution is 2.13. The van der Waals surface area contributed by atoms with Crippen molar-refractivity contribution in [1.82, 2.24) is 14.6 Å². The molecule has 1 aliphatic heterocycles. The molecule has 1 fully saturated rings. The lowest BCUT2D eigenvalue weighted by molar-refractivity contribution is 0.290. The first-order valence-corrected chi connectivity index (χ1v) is 7.98. The molecule has 0 atom stereocenters. The Labute approximate surface area is 120 Å². The number of sulfonamides is 1. The quantitative estimate of drug-likeness (QED) is 0.902. The standard InChI is InChI=1S/C12H19N3O2S.ClH/c1-18(16,17)15-7-4-12(5-8-15)14-10-11-3-2-6-13-9-11;/h2-3,6,9,12,14H,4-5,7-8,10H2,1H3;1H. The van der Waals surface area contributed by atoms with Gasteiger partial charge in [0.1, 0.15) is 0 Å². The highest BCUT2D eigenvalue weighted by molar-refractivity contribution is 7.88. The van der Waals surface area contributed by atoms with Crippen molar-refractivity contribution in [2.75, 3.05) is 19.3 Å². The van der Waals surface area contributed by atoms with Crippen LogP contribution < -0.4 is 5.32 Å². The molecular formula is C12H20ClN3O2S. The van der Waals surface area contributed by atoms with Gasteiger partial charge in [0.2, 0.25) is 10.0 Å². The largest absolute Gasteiger partial charge is 0.310 e. The Hall–Kier alpha value is -0.690. The van der Waals surface area contributed by atoms with Crippen molar-refractivity contribution in [1.29, 1.82) is 0 Å². The average Bonchev–Trinajstić information content (AvgIpc) is 2.37. The lowest BCUT2D eigenvalue weighted by Gasteiger charge is -2.30. The van der Waals surface area contributed by atoms with Crippen molar-refractivity contribution in [3.8, 4) is 0 Å². The van der Waals surface area contributed by atoms with Crippen LogP contribution in [0.1, 0.15) is 18.4 Å². The van der Waals surface area contributed by atoms with E-state index in [2.05, 4.69) is 10.3 Å². The zero-order chi connectivity index (χ0) is 13.0. The van der Waals surface area contributed by atoms with Crippen LogP contribution in [0.15, 0.2) is 24.5 Å². The predicted molar refractivity (Wildman–Crippen MR) is 77.8 cm³/mol. The van der Waals surface area contributed by atoms with Gasteiger partial charge in [-0.3, -0.25) is 4.98 Å². The first kappa shape index (κ1) is 16.4. The normalized spacial score (nSPS) is 17.9. The first-order chi connectivity index (χ1) is 8.55. The molecule has 1 saturated heterocycles. The molecule has 1 aromatic rings. The molecule has 2 rings (SSSR count). The Kier molecular flexibility index (Phi) is 6.19. The van der Waals surface area contributed by atoms with Crippen molar-refractivity contribution in [2.45, 2.75) is 25.4 Å². The molecule has 2 heterocycles. The Bertz CT molecular complexity index is 473. The second-order valence-corrected chi connectivity index (χ2v) is 6.66. The molecule has 1 aliphatic rings. The molecule has 19 heavy (non-hydrogen) atoms. The third-order valence-electron chi connectivity index (χ3n) is 3.24. The van der Waals surface area contributed by atoms with Gasteiger partial charge in [-0.15, -0.1) is 12.4 Å². The van der Waals surface area contributed by atoms with Gasteiger partial charge in [-0.05, 0) is 24.5 Å². The number of nitrogens with zero attached hydrogens (tertiary/aromatic N) is 2. The van der Waals surface area contributed by atoms with Gasteiger partial charge in [-0.1, -0.05) is 6.07 Å². The molecule has 0 radical (unpaired) electrons. The molecule has 1 aromatic heterocycles. The number of pyridine rings is 1. The zero-order valence-electron chi connectivity index (χ0n) is 10.9. The lowest BCUT2D eigenvalue weighted by atomic mass is 10.1. The van der Waals surface area contributed by atoms with E-state index in [9.17, 15) is 8.42 Å². The number of rotatable bonds is 4. The second kappa shape index (κ2) is 7.19. The zero-order valence-corrected chi connectivity index (χ0v) is 12.6. The minimum atomic E-state index is -3.02. The topological polar surface area (TPSA) is 62.3 Å². The van der Waals surface area contributed by atoms with Crippen LogP contribution in [0.4, 0.5) is 0 Å². The van der Waals surface area contributed by atoms with E-state index in [0.29, 0.717) is 19.1 Å². The molecule has 108 valence electrons. The van der Waals surface area contributed by atoms with E-state index in [1.54, 1.807) is 10.5 Å². The Morgan fingerprint density at radius 3 is 2.63 bits per heavy atom. The van der Waals surface area contributed by atoms with Crippen LogP contribution in [0, 0.1) is 0 Å². The summed E-state index contributed by atoms with van der Waals surface area (Å²) in [4.78, 5) is 4.07. The smallest absolute Gasteiger partial charge is 0.211 e. The van der Waals surface area contributed by atoms with Crippen LogP contribution in [0.2, 0.25) is 0 Å². The van der Waals surface area contributed by atoms with Crippen LogP contribution in [0.3, 0.4) is 0 Å². The van der Waals surface area contributed by atoms with E-state index in [0.717, 1.165) is 24.9 Å². The predicted octanol–water partition coefficient (Wildman–Crippen LogP) is 1.02. The summed E-state index contributed by atoms with van der Waals surface area (Å²) in [5.41, 5.74) is 1.16. The summed E-state index contributed by atoms with van der Waals surface area (Å²) in [6.45, 7) is 2.02. The maximum Gasteiger partial charge on any atom is 0.211 e. The van der Waals surface area contributed by atoms with Gasteiger partial charge in [0.05, 0.1) is 6.26 Å². The molecule has 0 unspecified atom stereocenters. The van der Waals surface area contributed by atoms with Crippen LogP contribution >= 0.6 is 12.4 Å². The summed E-state index contributed by atoms with van der Waals surface area (Å²) in [6, 6.07) is 4.35. The fourth-order valence-electron chi connectivity index (χ4n) is 2.16. The van der Waals surface area contributed by atoms with E-state index in [-0.39, 0.29) is 12.4 Å². The SMILES string of the molecule is CS(=O)(=O)N1CCC(NCc2cccnc2)CC1.Cl. The molecule has 0 spiro atoms. The maximum absolute atomic E-state index is 11.4. The van der Waals surface area contributed by atoms with E-state index < -0.39 is 10.0 Å². The van der Waals surface area contributed by atoms with Gasteiger partial charge in [0.25, 0.3) is 0 Å².